The fourth-order valence-corrected chi connectivity index (χ4v) is 2.85. The van der Waals surface area contributed by atoms with Crippen LogP contribution < -0.4 is 0 Å². The zero-order valence-corrected chi connectivity index (χ0v) is 13.8. The van der Waals surface area contributed by atoms with Crippen molar-refractivity contribution in [3.8, 4) is 0 Å². The lowest BCUT2D eigenvalue weighted by Crippen LogP contribution is -2.35. The summed E-state index contributed by atoms with van der Waals surface area (Å²) in [5.41, 5.74) is 2.28. The zero-order chi connectivity index (χ0) is 15.9. The van der Waals surface area contributed by atoms with Gasteiger partial charge in [0.15, 0.2) is 0 Å². The number of hydrogen-bond acceptors (Lipinski definition) is 1. The van der Waals surface area contributed by atoms with E-state index in [0.717, 1.165) is 24.9 Å². The Balaban J connectivity index is 2.19. The van der Waals surface area contributed by atoms with E-state index in [1.54, 1.807) is 0 Å². The first kappa shape index (κ1) is 16.3. The summed E-state index contributed by atoms with van der Waals surface area (Å²) in [6.45, 7) is 5.68. The van der Waals surface area contributed by atoms with Gasteiger partial charge in [-0.25, -0.2) is 0 Å². The molecule has 1 aromatic heterocycles. The number of amides is 1. The van der Waals surface area contributed by atoms with E-state index >= 15 is 0 Å². The van der Waals surface area contributed by atoms with Crippen molar-refractivity contribution in [3.05, 3.63) is 59.9 Å². The van der Waals surface area contributed by atoms with E-state index in [9.17, 15) is 4.79 Å². The number of aromatic nitrogens is 1. The highest BCUT2D eigenvalue weighted by atomic mass is 16.2. The molecule has 3 nitrogen and oxygen atoms in total. The van der Waals surface area contributed by atoms with Crippen LogP contribution in [-0.4, -0.2) is 21.9 Å². The number of hydrogen-bond donors (Lipinski definition) is 0. The molecule has 0 bridgehead atoms. The molecular formula is C19H26N2O. The van der Waals surface area contributed by atoms with Crippen molar-refractivity contribution in [1.82, 2.24) is 9.47 Å². The van der Waals surface area contributed by atoms with Gasteiger partial charge in [-0.1, -0.05) is 44.2 Å². The first-order valence-electron chi connectivity index (χ1n) is 8.11. The van der Waals surface area contributed by atoms with Crippen LogP contribution in [0.1, 0.15) is 43.9 Å². The second kappa shape index (κ2) is 7.83. The Morgan fingerprint density at radius 2 is 1.86 bits per heavy atom. The lowest BCUT2D eigenvalue weighted by Gasteiger charge is -2.27. The highest BCUT2D eigenvalue weighted by Gasteiger charge is 2.24. The Hall–Kier alpha value is -2.03. The molecule has 0 aliphatic carbocycles. The first-order valence-corrected chi connectivity index (χ1v) is 8.11. The van der Waals surface area contributed by atoms with Gasteiger partial charge in [0.1, 0.15) is 0 Å². The molecule has 0 saturated heterocycles. The van der Waals surface area contributed by atoms with Gasteiger partial charge in [0.25, 0.3) is 0 Å². The number of rotatable bonds is 7. The summed E-state index contributed by atoms with van der Waals surface area (Å²) in [5.74, 6) is 0.185. The Kier molecular flexibility index (Phi) is 5.82. The molecular weight excluding hydrogens is 272 g/mol. The van der Waals surface area contributed by atoms with Crippen LogP contribution in [0.5, 0.6) is 0 Å². The number of carbonyl (C=O) groups excluding carboxylic acids is 1. The Bertz CT molecular complexity index is 588. The molecule has 0 radical (unpaired) electrons. The van der Waals surface area contributed by atoms with Gasteiger partial charge in [0, 0.05) is 25.5 Å². The van der Waals surface area contributed by atoms with Crippen molar-refractivity contribution in [2.24, 2.45) is 7.05 Å². The van der Waals surface area contributed by atoms with Crippen LogP contribution in [-0.2, 0) is 18.4 Å². The van der Waals surface area contributed by atoms with Crippen LogP contribution in [0, 0.1) is 0 Å². The smallest absolute Gasteiger partial charge is 0.230 e. The van der Waals surface area contributed by atoms with E-state index in [2.05, 4.69) is 36.6 Å². The predicted octanol–water partition coefficient (Wildman–Crippen LogP) is 3.96. The highest BCUT2D eigenvalue weighted by Crippen LogP contribution is 2.23. The lowest BCUT2D eigenvalue weighted by atomic mass is 9.95. The van der Waals surface area contributed by atoms with E-state index in [-0.39, 0.29) is 11.8 Å². The number of carbonyl (C=O) groups is 1. The molecule has 1 amide bonds. The van der Waals surface area contributed by atoms with Gasteiger partial charge in [-0.15, -0.1) is 0 Å². The van der Waals surface area contributed by atoms with Gasteiger partial charge in [-0.3, -0.25) is 4.79 Å². The Labute approximate surface area is 133 Å². The van der Waals surface area contributed by atoms with Crippen molar-refractivity contribution < 1.29 is 4.79 Å². The maximum absolute atomic E-state index is 13.0. The van der Waals surface area contributed by atoms with Crippen molar-refractivity contribution in [1.29, 1.82) is 0 Å². The van der Waals surface area contributed by atoms with E-state index in [1.165, 1.54) is 5.69 Å². The summed E-state index contributed by atoms with van der Waals surface area (Å²) in [6, 6.07) is 14.2. The quantitative estimate of drug-likeness (QED) is 0.759. The summed E-state index contributed by atoms with van der Waals surface area (Å²) in [6.07, 6.45) is 3.83. The van der Waals surface area contributed by atoms with Crippen molar-refractivity contribution in [3.63, 3.8) is 0 Å². The van der Waals surface area contributed by atoms with Gasteiger partial charge in [0.2, 0.25) is 5.91 Å². The molecule has 0 fully saturated rings. The molecule has 0 N–H and O–H groups in total. The molecule has 0 aliphatic rings. The summed E-state index contributed by atoms with van der Waals surface area (Å²) >= 11 is 0. The molecule has 0 aliphatic heterocycles. The van der Waals surface area contributed by atoms with Gasteiger partial charge < -0.3 is 9.47 Å². The third-order valence-electron chi connectivity index (χ3n) is 4.12. The normalized spacial score (nSPS) is 12.1. The zero-order valence-electron chi connectivity index (χ0n) is 13.8. The molecule has 0 spiro atoms. The molecule has 2 aromatic rings. The number of nitrogens with zero attached hydrogens (tertiary/aromatic N) is 2. The molecule has 2 rings (SSSR count). The Morgan fingerprint density at radius 3 is 2.41 bits per heavy atom. The van der Waals surface area contributed by atoms with Gasteiger partial charge >= 0.3 is 0 Å². The van der Waals surface area contributed by atoms with E-state index in [0.29, 0.717) is 6.54 Å². The summed E-state index contributed by atoms with van der Waals surface area (Å²) < 4.78 is 2.08. The standard InChI is InChI=1S/C19H26N2O/c1-4-13-21(15-17-12-9-14-20(17)3)19(22)18(5-2)16-10-7-6-8-11-16/h6-12,14,18H,4-5,13,15H2,1-3H3/t18-/m0/s1. The van der Waals surface area contributed by atoms with Crippen LogP contribution in [0.4, 0.5) is 0 Å². The second-order valence-corrected chi connectivity index (χ2v) is 5.74. The monoisotopic (exact) mass is 298 g/mol. The second-order valence-electron chi connectivity index (χ2n) is 5.74. The van der Waals surface area contributed by atoms with Gasteiger partial charge in [-0.2, -0.15) is 0 Å². The minimum atomic E-state index is -0.0481. The molecule has 1 heterocycles. The average molecular weight is 298 g/mol. The first-order chi connectivity index (χ1) is 10.7. The minimum Gasteiger partial charge on any atom is -0.353 e. The van der Waals surface area contributed by atoms with Crippen molar-refractivity contribution >= 4 is 5.91 Å². The van der Waals surface area contributed by atoms with Crippen LogP contribution in [0.15, 0.2) is 48.7 Å². The molecule has 0 unspecified atom stereocenters. The van der Waals surface area contributed by atoms with E-state index in [1.807, 2.05) is 42.4 Å². The number of benzene rings is 1. The largest absolute Gasteiger partial charge is 0.353 e. The average Bonchev–Trinajstić information content (AvgIpc) is 2.94. The minimum absolute atomic E-state index is 0.0481. The maximum Gasteiger partial charge on any atom is 0.230 e. The van der Waals surface area contributed by atoms with Gasteiger partial charge in [-0.05, 0) is 30.5 Å². The molecule has 3 heteroatoms. The topological polar surface area (TPSA) is 25.2 Å². The van der Waals surface area contributed by atoms with Crippen molar-refractivity contribution in [2.75, 3.05) is 6.54 Å². The summed E-state index contributed by atoms with van der Waals surface area (Å²) in [5, 5.41) is 0. The number of aryl methyl sites for hydroxylation is 1. The van der Waals surface area contributed by atoms with E-state index < -0.39 is 0 Å². The SMILES string of the molecule is CCCN(Cc1cccn1C)C(=O)[C@@H](CC)c1ccccc1. The highest BCUT2D eigenvalue weighted by molar-refractivity contribution is 5.83. The molecule has 22 heavy (non-hydrogen) atoms. The van der Waals surface area contributed by atoms with Gasteiger partial charge in [0.05, 0.1) is 12.5 Å². The van der Waals surface area contributed by atoms with E-state index in [4.69, 9.17) is 0 Å². The van der Waals surface area contributed by atoms with Crippen LogP contribution in [0.3, 0.4) is 0 Å². The van der Waals surface area contributed by atoms with Crippen molar-refractivity contribution in [2.45, 2.75) is 39.2 Å². The summed E-state index contributed by atoms with van der Waals surface area (Å²) in [4.78, 5) is 15.0. The molecule has 1 atom stereocenters. The van der Waals surface area contributed by atoms with Crippen LogP contribution >= 0.6 is 0 Å². The molecule has 0 saturated carbocycles. The third kappa shape index (κ3) is 3.79. The van der Waals surface area contributed by atoms with Crippen LogP contribution in [0.2, 0.25) is 0 Å². The summed E-state index contributed by atoms with van der Waals surface area (Å²) in [7, 11) is 2.03. The van der Waals surface area contributed by atoms with Crippen LogP contribution in [0.25, 0.3) is 0 Å². The Morgan fingerprint density at radius 1 is 1.14 bits per heavy atom. The lowest BCUT2D eigenvalue weighted by molar-refractivity contribution is -0.133. The molecule has 1 aromatic carbocycles. The molecule has 118 valence electrons. The fraction of sp³-hybridized carbons (Fsp3) is 0.421. The third-order valence-corrected chi connectivity index (χ3v) is 4.12. The fourth-order valence-electron chi connectivity index (χ4n) is 2.85. The maximum atomic E-state index is 13.0. The predicted molar refractivity (Wildman–Crippen MR) is 90.6 cm³/mol.